The van der Waals surface area contributed by atoms with E-state index in [0.29, 0.717) is 26.2 Å². The first-order valence-corrected chi connectivity index (χ1v) is 5.92. The third-order valence-corrected chi connectivity index (χ3v) is 4.33. The fraction of sp³-hybridized carbons (Fsp3) is 0.857. The van der Waals surface area contributed by atoms with E-state index < -0.39 is 10.2 Å². The van der Waals surface area contributed by atoms with Crippen LogP contribution in [0.15, 0.2) is 0 Å². The molecule has 1 radical (unpaired) electrons. The maximum Gasteiger partial charge on any atom is 0.282 e. The van der Waals surface area contributed by atoms with Crippen LogP contribution in [0.1, 0.15) is 6.42 Å². The second kappa shape index (κ2) is 3.53. The molecule has 0 aromatic heterocycles. The lowest BCUT2D eigenvalue weighted by Gasteiger charge is -2.36. The van der Waals surface area contributed by atoms with Crippen molar-refractivity contribution in [3.63, 3.8) is 0 Å². The van der Waals surface area contributed by atoms with Gasteiger partial charge in [0.25, 0.3) is 10.2 Å². The fourth-order valence-corrected chi connectivity index (χ4v) is 3.03. The summed E-state index contributed by atoms with van der Waals surface area (Å²) in [5.41, 5.74) is 0. The summed E-state index contributed by atoms with van der Waals surface area (Å²) in [4.78, 5) is 0. The molecule has 0 unspecified atom stereocenters. The molecule has 2 heterocycles. The van der Waals surface area contributed by atoms with Crippen molar-refractivity contribution in [3.05, 3.63) is 6.54 Å². The molecule has 0 spiro atoms. The van der Waals surface area contributed by atoms with Gasteiger partial charge in [0, 0.05) is 32.7 Å². The molecule has 5 nitrogen and oxygen atoms in total. The third kappa shape index (κ3) is 1.71. The van der Waals surface area contributed by atoms with Gasteiger partial charge in [-0.05, 0) is 6.42 Å². The van der Waals surface area contributed by atoms with Crippen molar-refractivity contribution in [1.29, 1.82) is 0 Å². The minimum Gasteiger partial charge on any atom is -0.314 e. The van der Waals surface area contributed by atoms with E-state index in [1.54, 1.807) is 6.54 Å². The highest BCUT2D eigenvalue weighted by atomic mass is 32.2. The van der Waals surface area contributed by atoms with E-state index >= 15 is 0 Å². The first kappa shape index (κ1) is 9.39. The van der Waals surface area contributed by atoms with Crippen molar-refractivity contribution in [2.45, 2.75) is 6.42 Å². The molecular weight excluding hydrogens is 190 g/mol. The smallest absolute Gasteiger partial charge is 0.282 e. The van der Waals surface area contributed by atoms with E-state index in [9.17, 15) is 8.42 Å². The lowest BCUT2D eigenvalue weighted by Crippen LogP contribution is -2.53. The van der Waals surface area contributed by atoms with Crippen LogP contribution in [-0.4, -0.2) is 49.8 Å². The van der Waals surface area contributed by atoms with Crippen molar-refractivity contribution < 1.29 is 8.42 Å². The Bertz CT molecular complexity index is 267. The molecule has 0 amide bonds. The second-order valence-corrected chi connectivity index (χ2v) is 5.14. The Kier molecular flexibility index (Phi) is 2.55. The van der Waals surface area contributed by atoms with Crippen LogP contribution >= 0.6 is 0 Å². The number of hydrogen-bond acceptors (Lipinski definition) is 3. The lowest BCUT2D eigenvalue weighted by atomic mass is 10.3. The lowest BCUT2D eigenvalue weighted by molar-refractivity contribution is 0.275. The molecule has 2 fully saturated rings. The number of nitrogens with zero attached hydrogens (tertiary/aromatic N) is 2. The van der Waals surface area contributed by atoms with Crippen LogP contribution in [0.5, 0.6) is 0 Å². The van der Waals surface area contributed by atoms with Crippen LogP contribution < -0.4 is 5.32 Å². The molecule has 2 saturated heterocycles. The average molecular weight is 204 g/mol. The van der Waals surface area contributed by atoms with Crippen LogP contribution in [-0.2, 0) is 10.2 Å². The van der Waals surface area contributed by atoms with Gasteiger partial charge in [-0.15, -0.1) is 0 Å². The minimum absolute atomic E-state index is 0.554. The highest BCUT2D eigenvalue weighted by Gasteiger charge is 2.33. The number of hydrogen-bond donors (Lipinski definition) is 1. The van der Waals surface area contributed by atoms with Gasteiger partial charge in [0.15, 0.2) is 0 Å². The molecule has 6 heteroatoms. The molecule has 0 aliphatic carbocycles. The maximum atomic E-state index is 11.8. The Morgan fingerprint density at radius 3 is 2.46 bits per heavy atom. The summed E-state index contributed by atoms with van der Waals surface area (Å²) in [6.45, 7) is 5.01. The molecule has 13 heavy (non-hydrogen) atoms. The zero-order valence-electron chi connectivity index (χ0n) is 7.44. The van der Waals surface area contributed by atoms with Crippen LogP contribution in [0, 0.1) is 6.54 Å². The summed E-state index contributed by atoms with van der Waals surface area (Å²) in [5.74, 6) is 0. The van der Waals surface area contributed by atoms with E-state index in [0.717, 1.165) is 13.0 Å². The van der Waals surface area contributed by atoms with Gasteiger partial charge in [-0.25, -0.2) is 0 Å². The summed E-state index contributed by atoms with van der Waals surface area (Å²) in [7, 11) is -3.15. The predicted octanol–water partition coefficient (Wildman–Crippen LogP) is -0.996. The molecule has 2 aliphatic rings. The van der Waals surface area contributed by atoms with Crippen molar-refractivity contribution in [2.24, 2.45) is 0 Å². The molecule has 0 aromatic carbocycles. The molecule has 0 aromatic rings. The number of rotatable bonds is 2. The molecule has 2 aliphatic heterocycles. The monoisotopic (exact) mass is 204 g/mol. The summed E-state index contributed by atoms with van der Waals surface area (Å²) in [6, 6.07) is 0. The Morgan fingerprint density at radius 2 is 2.00 bits per heavy atom. The predicted molar refractivity (Wildman–Crippen MR) is 49.0 cm³/mol. The second-order valence-electron chi connectivity index (χ2n) is 3.26. The summed E-state index contributed by atoms with van der Waals surface area (Å²) in [6.07, 6.45) is 0.991. The summed E-state index contributed by atoms with van der Waals surface area (Å²) >= 11 is 0. The van der Waals surface area contributed by atoms with Crippen molar-refractivity contribution in [3.8, 4) is 0 Å². The Morgan fingerprint density at radius 1 is 1.23 bits per heavy atom. The Labute approximate surface area is 78.9 Å². The van der Waals surface area contributed by atoms with Crippen LogP contribution in [0.4, 0.5) is 0 Å². The molecular formula is C7H14N3O2S. The molecule has 0 saturated carbocycles. The highest BCUT2D eigenvalue weighted by molar-refractivity contribution is 7.86. The fourth-order valence-electron chi connectivity index (χ4n) is 1.42. The van der Waals surface area contributed by atoms with Gasteiger partial charge in [0.05, 0.1) is 6.54 Å². The molecule has 0 bridgehead atoms. The zero-order valence-corrected chi connectivity index (χ0v) is 8.26. The van der Waals surface area contributed by atoms with Gasteiger partial charge in [0.1, 0.15) is 0 Å². The van der Waals surface area contributed by atoms with Crippen LogP contribution in [0.3, 0.4) is 0 Å². The highest BCUT2D eigenvalue weighted by Crippen LogP contribution is 2.17. The minimum atomic E-state index is -3.15. The van der Waals surface area contributed by atoms with E-state index in [1.165, 1.54) is 8.61 Å². The Hall–Kier alpha value is -0.170. The first-order chi connectivity index (χ1) is 6.21. The topological polar surface area (TPSA) is 52.7 Å². The van der Waals surface area contributed by atoms with Gasteiger partial charge in [-0.1, -0.05) is 0 Å². The zero-order chi connectivity index (χ0) is 9.31. The van der Waals surface area contributed by atoms with E-state index in [1.807, 2.05) is 0 Å². The normalized spacial score (nSPS) is 27.1. The molecule has 0 atom stereocenters. The molecule has 75 valence electrons. The molecule has 2 rings (SSSR count). The standard InChI is InChI=1S/C7H14N3O2S/c11-13(12,9-4-1-5-9)10-6-2-8-3-7-10/h6,8H,1-5,7H2. The molecule has 1 N–H and O–H groups in total. The first-order valence-electron chi connectivity index (χ1n) is 4.52. The summed E-state index contributed by atoms with van der Waals surface area (Å²) < 4.78 is 26.5. The van der Waals surface area contributed by atoms with Crippen LogP contribution in [0.25, 0.3) is 0 Å². The summed E-state index contributed by atoms with van der Waals surface area (Å²) in [5, 5.41) is 3.08. The Balaban J connectivity index is 2.03. The largest absolute Gasteiger partial charge is 0.314 e. The van der Waals surface area contributed by atoms with Gasteiger partial charge in [0.2, 0.25) is 0 Å². The van der Waals surface area contributed by atoms with Gasteiger partial charge < -0.3 is 5.32 Å². The maximum absolute atomic E-state index is 11.8. The van der Waals surface area contributed by atoms with E-state index in [-0.39, 0.29) is 0 Å². The van der Waals surface area contributed by atoms with Crippen LogP contribution in [0.2, 0.25) is 0 Å². The average Bonchev–Trinajstić information content (AvgIpc) is 2.02. The van der Waals surface area contributed by atoms with Crippen molar-refractivity contribution >= 4 is 10.2 Å². The van der Waals surface area contributed by atoms with Gasteiger partial charge in [-0.3, -0.25) is 0 Å². The third-order valence-electron chi connectivity index (χ3n) is 2.39. The van der Waals surface area contributed by atoms with Gasteiger partial charge >= 0.3 is 0 Å². The number of nitrogens with one attached hydrogen (secondary N) is 1. The van der Waals surface area contributed by atoms with E-state index in [2.05, 4.69) is 5.32 Å². The van der Waals surface area contributed by atoms with E-state index in [4.69, 9.17) is 0 Å². The quantitative estimate of drug-likeness (QED) is 0.628. The van der Waals surface area contributed by atoms with Crippen molar-refractivity contribution in [1.82, 2.24) is 13.9 Å². The number of piperazine rings is 1. The SMILES string of the molecule is O=S(=O)(N1[CH]CNCC1)N1CCC1. The van der Waals surface area contributed by atoms with Crippen molar-refractivity contribution in [2.75, 3.05) is 32.7 Å². The van der Waals surface area contributed by atoms with Gasteiger partial charge in [-0.2, -0.15) is 17.0 Å².